The second kappa shape index (κ2) is 9.60. The molecule has 0 amide bonds. The summed E-state index contributed by atoms with van der Waals surface area (Å²) in [6.07, 6.45) is -4.36. The smallest absolute Gasteiger partial charge is 0.378 e. The van der Waals surface area contributed by atoms with Gasteiger partial charge < -0.3 is 14.2 Å². The summed E-state index contributed by atoms with van der Waals surface area (Å²) in [5, 5.41) is 9.22. The second-order valence-corrected chi connectivity index (χ2v) is 8.69. The number of anilines is 1. The molecule has 4 rings (SSSR count). The maximum absolute atomic E-state index is 12.9. The number of Topliss-reactive ketones (excluding diaryl/α,β-unsaturated/α-hetero) is 1. The third-order valence-electron chi connectivity index (χ3n) is 5.47. The number of benzene rings is 1. The number of ether oxygens (including phenoxy) is 1. The molecule has 0 radical (unpaired) electrons. The summed E-state index contributed by atoms with van der Waals surface area (Å²) in [6, 6.07) is 11.1. The molecule has 0 bridgehead atoms. The van der Waals surface area contributed by atoms with Crippen molar-refractivity contribution >= 4 is 23.5 Å². The molecule has 11 heteroatoms. The minimum atomic E-state index is -4.36. The van der Waals surface area contributed by atoms with E-state index in [1.165, 1.54) is 17.8 Å². The zero-order valence-electron chi connectivity index (χ0n) is 18.3. The third-order valence-corrected chi connectivity index (χ3v) is 6.40. The van der Waals surface area contributed by atoms with Gasteiger partial charge in [-0.3, -0.25) is 9.36 Å². The fourth-order valence-electron chi connectivity index (χ4n) is 3.84. The van der Waals surface area contributed by atoms with Crippen LogP contribution in [-0.2, 0) is 11.3 Å². The average Bonchev–Trinajstić information content (AvgIpc) is 3.34. The minimum Gasteiger partial charge on any atom is -0.378 e. The van der Waals surface area contributed by atoms with Crippen LogP contribution in [0, 0.1) is 13.8 Å². The topological polar surface area (TPSA) is 65.2 Å². The van der Waals surface area contributed by atoms with Crippen LogP contribution in [0.1, 0.15) is 21.7 Å². The number of rotatable bonds is 7. The van der Waals surface area contributed by atoms with Gasteiger partial charge in [-0.15, -0.1) is 10.2 Å². The molecule has 0 N–H and O–H groups in total. The van der Waals surface area contributed by atoms with Crippen molar-refractivity contribution in [3.05, 3.63) is 53.3 Å². The number of ketones is 1. The van der Waals surface area contributed by atoms with Crippen molar-refractivity contribution in [1.29, 1.82) is 0 Å². The molecule has 33 heavy (non-hydrogen) atoms. The lowest BCUT2D eigenvalue weighted by atomic mass is 10.2. The first-order valence-corrected chi connectivity index (χ1v) is 11.5. The van der Waals surface area contributed by atoms with Gasteiger partial charge in [-0.05, 0) is 32.0 Å². The van der Waals surface area contributed by atoms with Crippen LogP contribution in [-0.4, -0.2) is 63.3 Å². The molecule has 1 fully saturated rings. The molecular weight excluding hydrogens is 455 g/mol. The Morgan fingerprint density at radius 2 is 1.82 bits per heavy atom. The standard InChI is InChI=1S/C22H24F3N5O2S/c1-15-12-18(16(2)29(15)14-22(23,24)25)19(31)13-33-21-27-26-20(28-8-10-32-11-9-28)30(21)17-6-4-3-5-7-17/h3-7,12H,8-11,13-14H2,1-2H3. The average molecular weight is 480 g/mol. The molecule has 1 aliphatic heterocycles. The second-order valence-electron chi connectivity index (χ2n) is 7.75. The van der Waals surface area contributed by atoms with E-state index in [4.69, 9.17) is 4.74 Å². The molecule has 1 saturated heterocycles. The molecule has 1 aliphatic rings. The zero-order valence-corrected chi connectivity index (χ0v) is 19.1. The summed E-state index contributed by atoms with van der Waals surface area (Å²) < 4.78 is 47.2. The van der Waals surface area contributed by atoms with Crippen LogP contribution < -0.4 is 4.90 Å². The van der Waals surface area contributed by atoms with Crippen LogP contribution in [0.25, 0.3) is 5.69 Å². The predicted octanol–water partition coefficient (Wildman–Crippen LogP) is 4.06. The SMILES string of the molecule is Cc1cc(C(=O)CSc2nnc(N3CCOCC3)n2-c2ccccc2)c(C)n1CC(F)(F)F. The molecule has 7 nitrogen and oxygen atoms in total. The molecule has 0 saturated carbocycles. The fourth-order valence-corrected chi connectivity index (χ4v) is 4.67. The van der Waals surface area contributed by atoms with Crippen LogP contribution in [0.5, 0.6) is 0 Å². The summed E-state index contributed by atoms with van der Waals surface area (Å²) in [6.45, 7) is 4.55. The summed E-state index contributed by atoms with van der Waals surface area (Å²) in [4.78, 5) is 15.0. The first-order valence-electron chi connectivity index (χ1n) is 10.5. The lowest BCUT2D eigenvalue weighted by Crippen LogP contribution is -2.37. The van der Waals surface area contributed by atoms with Crippen molar-refractivity contribution < 1.29 is 22.7 Å². The van der Waals surface area contributed by atoms with E-state index in [2.05, 4.69) is 15.1 Å². The maximum Gasteiger partial charge on any atom is 0.406 e. The van der Waals surface area contributed by atoms with E-state index in [-0.39, 0.29) is 11.5 Å². The molecule has 0 atom stereocenters. The van der Waals surface area contributed by atoms with Crippen molar-refractivity contribution in [2.45, 2.75) is 31.7 Å². The predicted molar refractivity (Wildman–Crippen MR) is 119 cm³/mol. The van der Waals surface area contributed by atoms with Gasteiger partial charge in [0.15, 0.2) is 10.9 Å². The van der Waals surface area contributed by atoms with Crippen LogP contribution in [0.3, 0.4) is 0 Å². The van der Waals surface area contributed by atoms with E-state index in [0.717, 1.165) is 10.3 Å². The Morgan fingerprint density at radius 3 is 2.48 bits per heavy atom. The molecule has 0 spiro atoms. The van der Waals surface area contributed by atoms with Crippen LogP contribution in [0.15, 0.2) is 41.6 Å². The lowest BCUT2D eigenvalue weighted by molar-refractivity contribution is -0.141. The highest BCUT2D eigenvalue weighted by atomic mass is 32.2. The van der Waals surface area contributed by atoms with Crippen LogP contribution >= 0.6 is 11.8 Å². The Hall–Kier alpha value is -2.79. The van der Waals surface area contributed by atoms with Crippen LogP contribution in [0.4, 0.5) is 19.1 Å². The number of carbonyl (C=O) groups is 1. The molecule has 176 valence electrons. The van der Waals surface area contributed by atoms with E-state index >= 15 is 0 Å². The molecule has 3 aromatic rings. The van der Waals surface area contributed by atoms with Crippen molar-refractivity contribution in [3.8, 4) is 5.69 Å². The third kappa shape index (κ3) is 5.25. The van der Waals surface area contributed by atoms with Gasteiger partial charge in [0.1, 0.15) is 6.54 Å². The summed E-state index contributed by atoms with van der Waals surface area (Å²) >= 11 is 1.22. The van der Waals surface area contributed by atoms with Gasteiger partial charge in [0.2, 0.25) is 5.95 Å². The first kappa shape index (κ1) is 23.4. The number of nitrogens with zero attached hydrogens (tertiary/aromatic N) is 5. The summed E-state index contributed by atoms with van der Waals surface area (Å²) in [5.74, 6) is 0.449. The summed E-state index contributed by atoms with van der Waals surface area (Å²) in [7, 11) is 0. The molecule has 0 aliphatic carbocycles. The Kier molecular flexibility index (Phi) is 6.80. The number of aromatic nitrogens is 4. The Bertz CT molecular complexity index is 1120. The number of para-hydroxylation sites is 1. The normalized spacial score (nSPS) is 14.6. The van der Waals surface area contributed by atoms with Gasteiger partial charge in [0.25, 0.3) is 0 Å². The highest BCUT2D eigenvalue weighted by Gasteiger charge is 2.30. The number of carbonyl (C=O) groups excluding carboxylic acids is 1. The van der Waals surface area contributed by atoms with Gasteiger partial charge in [-0.2, -0.15) is 13.2 Å². The Balaban J connectivity index is 1.57. The van der Waals surface area contributed by atoms with Gasteiger partial charge in [0, 0.05) is 30.0 Å². The van der Waals surface area contributed by atoms with Gasteiger partial charge >= 0.3 is 6.18 Å². The first-order chi connectivity index (χ1) is 15.7. The quantitative estimate of drug-likeness (QED) is 0.376. The number of alkyl halides is 3. The van der Waals surface area contributed by atoms with E-state index in [0.29, 0.717) is 54.4 Å². The number of thioether (sulfide) groups is 1. The van der Waals surface area contributed by atoms with Gasteiger partial charge in [-0.1, -0.05) is 30.0 Å². The minimum absolute atomic E-state index is 0.0321. The Morgan fingerprint density at radius 1 is 1.12 bits per heavy atom. The Labute approximate surface area is 193 Å². The largest absolute Gasteiger partial charge is 0.406 e. The van der Waals surface area contributed by atoms with Crippen molar-refractivity contribution in [2.75, 3.05) is 37.0 Å². The molecular formula is C22H24F3N5O2S. The molecule has 1 aromatic carbocycles. The maximum atomic E-state index is 12.9. The van der Waals surface area contributed by atoms with Crippen molar-refractivity contribution in [2.24, 2.45) is 0 Å². The van der Waals surface area contributed by atoms with Crippen molar-refractivity contribution in [3.63, 3.8) is 0 Å². The number of hydrogen-bond acceptors (Lipinski definition) is 6. The molecule has 3 heterocycles. The van der Waals surface area contributed by atoms with E-state index < -0.39 is 12.7 Å². The van der Waals surface area contributed by atoms with E-state index in [9.17, 15) is 18.0 Å². The van der Waals surface area contributed by atoms with E-state index in [1.54, 1.807) is 13.8 Å². The molecule has 2 aromatic heterocycles. The monoisotopic (exact) mass is 479 g/mol. The fraction of sp³-hybridized carbons (Fsp3) is 0.409. The molecule has 0 unspecified atom stereocenters. The van der Waals surface area contributed by atoms with Crippen LogP contribution in [0.2, 0.25) is 0 Å². The summed E-state index contributed by atoms with van der Waals surface area (Å²) in [5.41, 5.74) is 1.87. The number of hydrogen-bond donors (Lipinski definition) is 0. The zero-order chi connectivity index (χ0) is 23.6. The van der Waals surface area contributed by atoms with E-state index in [1.807, 2.05) is 34.9 Å². The lowest BCUT2D eigenvalue weighted by Gasteiger charge is -2.27. The number of morpholine rings is 1. The highest BCUT2D eigenvalue weighted by Crippen LogP contribution is 2.29. The van der Waals surface area contributed by atoms with Gasteiger partial charge in [0.05, 0.1) is 24.7 Å². The number of halogens is 3. The number of aryl methyl sites for hydroxylation is 1. The highest BCUT2D eigenvalue weighted by molar-refractivity contribution is 7.99. The van der Waals surface area contributed by atoms with Crippen molar-refractivity contribution in [1.82, 2.24) is 19.3 Å². The van der Waals surface area contributed by atoms with Gasteiger partial charge in [-0.25, -0.2) is 0 Å².